The van der Waals surface area contributed by atoms with Gasteiger partial charge in [0.2, 0.25) is 0 Å². The van der Waals surface area contributed by atoms with Crippen molar-refractivity contribution < 1.29 is 0 Å². The second-order valence-corrected chi connectivity index (χ2v) is 3.92. The number of aromatic nitrogens is 5. The highest BCUT2D eigenvalue weighted by Gasteiger charge is 2.13. The fourth-order valence-electron chi connectivity index (χ4n) is 1.33. The molecule has 7 nitrogen and oxygen atoms in total. The SMILES string of the molecule is Cc1nc(C)n(-c2ncnc(NN)c2Br)n1. The van der Waals surface area contributed by atoms with E-state index in [2.05, 4.69) is 41.4 Å². The highest BCUT2D eigenvalue weighted by atomic mass is 79.9. The summed E-state index contributed by atoms with van der Waals surface area (Å²) in [5.41, 5.74) is 2.47. The number of nitrogens with one attached hydrogen (secondary N) is 1. The molecule has 0 fully saturated rings. The van der Waals surface area contributed by atoms with Gasteiger partial charge in [-0.15, -0.1) is 5.10 Å². The highest BCUT2D eigenvalue weighted by Crippen LogP contribution is 2.24. The van der Waals surface area contributed by atoms with Crippen molar-refractivity contribution in [3.8, 4) is 5.82 Å². The molecule has 0 aromatic carbocycles. The number of halogens is 1. The molecule has 0 amide bonds. The molecule has 2 aromatic rings. The Hall–Kier alpha value is -1.54. The lowest BCUT2D eigenvalue weighted by Crippen LogP contribution is -2.12. The first kappa shape index (κ1) is 11.0. The lowest BCUT2D eigenvalue weighted by molar-refractivity contribution is 0.793. The van der Waals surface area contributed by atoms with Gasteiger partial charge < -0.3 is 5.43 Å². The molecule has 0 bridgehead atoms. The summed E-state index contributed by atoms with van der Waals surface area (Å²) in [6.07, 6.45) is 1.41. The van der Waals surface area contributed by atoms with Crippen LogP contribution in [-0.2, 0) is 0 Å². The molecule has 0 spiro atoms. The average molecular weight is 284 g/mol. The van der Waals surface area contributed by atoms with Gasteiger partial charge in [-0.2, -0.15) is 4.68 Å². The van der Waals surface area contributed by atoms with Crippen LogP contribution in [0, 0.1) is 13.8 Å². The van der Waals surface area contributed by atoms with Crippen molar-refractivity contribution in [2.24, 2.45) is 5.84 Å². The van der Waals surface area contributed by atoms with Gasteiger partial charge in [0.05, 0.1) is 0 Å². The molecule has 0 unspecified atom stereocenters. The molecule has 2 rings (SSSR count). The summed E-state index contributed by atoms with van der Waals surface area (Å²) < 4.78 is 2.27. The molecule has 0 radical (unpaired) electrons. The third kappa shape index (κ3) is 1.76. The van der Waals surface area contributed by atoms with Gasteiger partial charge in [0.1, 0.15) is 22.4 Å². The zero-order chi connectivity index (χ0) is 11.7. The van der Waals surface area contributed by atoms with Crippen molar-refractivity contribution in [3.05, 3.63) is 22.4 Å². The Morgan fingerprint density at radius 1 is 1.38 bits per heavy atom. The number of nitrogens with zero attached hydrogens (tertiary/aromatic N) is 5. The Morgan fingerprint density at radius 3 is 2.69 bits per heavy atom. The highest BCUT2D eigenvalue weighted by molar-refractivity contribution is 9.10. The van der Waals surface area contributed by atoms with E-state index in [0.29, 0.717) is 21.9 Å². The Morgan fingerprint density at radius 2 is 2.12 bits per heavy atom. The number of aryl methyl sites for hydroxylation is 2. The number of hydrogen-bond donors (Lipinski definition) is 2. The van der Waals surface area contributed by atoms with Crippen LogP contribution in [0.4, 0.5) is 5.82 Å². The molecule has 0 aliphatic heterocycles. The van der Waals surface area contributed by atoms with Gasteiger partial charge in [-0.05, 0) is 29.8 Å². The first-order valence-electron chi connectivity index (χ1n) is 4.51. The normalized spacial score (nSPS) is 10.5. The maximum absolute atomic E-state index is 5.33. The Balaban J connectivity index is 2.60. The second-order valence-electron chi connectivity index (χ2n) is 3.12. The minimum absolute atomic E-state index is 0.498. The Bertz CT molecular complexity index is 521. The summed E-state index contributed by atoms with van der Waals surface area (Å²) in [7, 11) is 0. The smallest absolute Gasteiger partial charge is 0.175 e. The molecule has 0 saturated carbocycles. The molecule has 84 valence electrons. The topological polar surface area (TPSA) is 94.5 Å². The number of hydrazine groups is 1. The molecular weight excluding hydrogens is 274 g/mol. The van der Waals surface area contributed by atoms with E-state index >= 15 is 0 Å². The van der Waals surface area contributed by atoms with Crippen molar-refractivity contribution in [2.45, 2.75) is 13.8 Å². The molecule has 8 heteroatoms. The Kier molecular flexibility index (Phi) is 2.84. The van der Waals surface area contributed by atoms with Gasteiger partial charge in [-0.3, -0.25) is 0 Å². The quantitative estimate of drug-likeness (QED) is 0.623. The van der Waals surface area contributed by atoms with Crippen molar-refractivity contribution in [1.29, 1.82) is 0 Å². The zero-order valence-electron chi connectivity index (χ0n) is 8.77. The van der Waals surface area contributed by atoms with Gasteiger partial charge in [-0.25, -0.2) is 20.8 Å². The largest absolute Gasteiger partial charge is 0.307 e. The van der Waals surface area contributed by atoms with Crippen molar-refractivity contribution in [3.63, 3.8) is 0 Å². The molecule has 2 heterocycles. The van der Waals surface area contributed by atoms with Gasteiger partial charge in [-0.1, -0.05) is 0 Å². The molecule has 0 atom stereocenters. The van der Waals surface area contributed by atoms with Gasteiger partial charge in [0.15, 0.2) is 11.6 Å². The van der Waals surface area contributed by atoms with Crippen LogP contribution in [0.5, 0.6) is 0 Å². The van der Waals surface area contributed by atoms with Crippen LogP contribution in [0.15, 0.2) is 10.8 Å². The van der Waals surface area contributed by atoms with E-state index in [1.165, 1.54) is 6.33 Å². The van der Waals surface area contributed by atoms with E-state index in [1.54, 1.807) is 4.68 Å². The third-order valence-corrected chi connectivity index (χ3v) is 2.71. The van der Waals surface area contributed by atoms with E-state index in [4.69, 9.17) is 5.84 Å². The Labute approximate surface area is 100 Å². The second kappa shape index (κ2) is 4.14. The zero-order valence-corrected chi connectivity index (χ0v) is 10.4. The first-order chi connectivity index (χ1) is 7.63. The average Bonchev–Trinajstić information content (AvgIpc) is 2.58. The first-order valence-corrected chi connectivity index (χ1v) is 5.30. The standard InChI is InChI=1S/C8H10BrN7/c1-4-13-5(2)16(15-4)8-6(9)7(14-10)11-3-12-8/h3H,10H2,1-2H3,(H,11,12,14). The van der Waals surface area contributed by atoms with Gasteiger partial charge in [0.25, 0.3) is 0 Å². The monoisotopic (exact) mass is 283 g/mol. The van der Waals surface area contributed by atoms with E-state index in [1.807, 2.05) is 13.8 Å². The number of anilines is 1. The summed E-state index contributed by atoms with van der Waals surface area (Å²) >= 11 is 3.37. The summed E-state index contributed by atoms with van der Waals surface area (Å²) in [6, 6.07) is 0. The van der Waals surface area contributed by atoms with Crippen LogP contribution >= 0.6 is 15.9 Å². The van der Waals surface area contributed by atoms with Crippen LogP contribution in [0.1, 0.15) is 11.6 Å². The van der Waals surface area contributed by atoms with Crippen LogP contribution in [0.25, 0.3) is 5.82 Å². The van der Waals surface area contributed by atoms with Crippen molar-refractivity contribution >= 4 is 21.7 Å². The number of hydrogen-bond acceptors (Lipinski definition) is 6. The molecule has 2 aromatic heterocycles. The summed E-state index contributed by atoms with van der Waals surface area (Å²) in [5, 5.41) is 4.23. The maximum atomic E-state index is 5.33. The van der Waals surface area contributed by atoms with Crippen molar-refractivity contribution in [2.75, 3.05) is 5.43 Å². The fraction of sp³-hybridized carbons (Fsp3) is 0.250. The third-order valence-electron chi connectivity index (χ3n) is 1.98. The molecule has 3 N–H and O–H groups in total. The predicted molar refractivity (Wildman–Crippen MR) is 61.9 cm³/mol. The summed E-state index contributed by atoms with van der Waals surface area (Å²) in [6.45, 7) is 3.67. The van der Waals surface area contributed by atoms with Crippen LogP contribution in [0.3, 0.4) is 0 Å². The van der Waals surface area contributed by atoms with E-state index in [0.717, 1.165) is 5.82 Å². The molecule has 0 aliphatic carbocycles. The lowest BCUT2D eigenvalue weighted by Gasteiger charge is -2.07. The summed E-state index contributed by atoms with van der Waals surface area (Å²) in [5.74, 6) is 7.86. The summed E-state index contributed by atoms with van der Waals surface area (Å²) in [4.78, 5) is 12.3. The van der Waals surface area contributed by atoms with E-state index in [-0.39, 0.29) is 0 Å². The van der Waals surface area contributed by atoms with Gasteiger partial charge in [0, 0.05) is 0 Å². The lowest BCUT2D eigenvalue weighted by atomic mass is 10.5. The number of nitrogens with two attached hydrogens (primary N) is 1. The van der Waals surface area contributed by atoms with Gasteiger partial charge >= 0.3 is 0 Å². The molecule has 16 heavy (non-hydrogen) atoms. The minimum Gasteiger partial charge on any atom is -0.307 e. The van der Waals surface area contributed by atoms with E-state index < -0.39 is 0 Å². The van der Waals surface area contributed by atoms with E-state index in [9.17, 15) is 0 Å². The minimum atomic E-state index is 0.498. The van der Waals surface area contributed by atoms with Crippen LogP contribution in [-0.4, -0.2) is 24.7 Å². The molecule has 0 saturated heterocycles. The van der Waals surface area contributed by atoms with Crippen LogP contribution in [0.2, 0.25) is 0 Å². The molecule has 0 aliphatic rings. The predicted octanol–water partition coefficient (Wildman–Crippen LogP) is 0.722. The van der Waals surface area contributed by atoms with Crippen molar-refractivity contribution in [1.82, 2.24) is 24.7 Å². The number of rotatable bonds is 2. The fourth-order valence-corrected chi connectivity index (χ4v) is 1.82. The van der Waals surface area contributed by atoms with Crippen LogP contribution < -0.4 is 11.3 Å². The maximum Gasteiger partial charge on any atom is 0.175 e. The molecular formula is C8H10BrN7. The number of nitrogen functional groups attached to an aromatic ring is 1.